The van der Waals surface area contributed by atoms with Gasteiger partial charge in [0.05, 0.1) is 16.6 Å². The lowest BCUT2D eigenvalue weighted by Crippen LogP contribution is -2.46. The van der Waals surface area contributed by atoms with Gasteiger partial charge in [-0.2, -0.15) is 0 Å². The number of nitrogens with one attached hydrogen (secondary N) is 3. The van der Waals surface area contributed by atoms with Crippen molar-refractivity contribution in [3.05, 3.63) is 34.5 Å². The Morgan fingerprint density at radius 1 is 1.33 bits per heavy atom. The minimum atomic E-state index is -1.14. The Balaban J connectivity index is 1.90. The van der Waals surface area contributed by atoms with Gasteiger partial charge in [-0.3, -0.25) is 4.79 Å². The summed E-state index contributed by atoms with van der Waals surface area (Å²) in [5, 5.41) is 5.81. The lowest BCUT2D eigenvalue weighted by Gasteiger charge is -2.15. The first kappa shape index (κ1) is 14.2. The van der Waals surface area contributed by atoms with Crippen LogP contribution in [0.1, 0.15) is 10.5 Å². The Hall–Kier alpha value is -1.70. The molecule has 0 bridgehead atoms. The van der Waals surface area contributed by atoms with E-state index in [1.807, 2.05) is 0 Å². The van der Waals surface area contributed by atoms with Crippen molar-refractivity contribution in [1.82, 2.24) is 15.6 Å². The molecule has 5 nitrogen and oxygen atoms in total. The molecule has 1 fully saturated rings. The van der Waals surface area contributed by atoms with E-state index in [1.54, 1.807) is 0 Å². The standard InChI is InChI=1S/C13H13ClF2N4O/c14-6-1-5-2-8(19-12(5)11(16)10(6)15)13(21)20-9-4-18-3-7(9)17/h1-2,7,9,18-19H,3-4,17H2,(H,20,21)/t7-,9+/m1/s1. The Bertz CT molecular complexity index is 718. The second-order valence-electron chi connectivity index (χ2n) is 5.04. The molecule has 1 aromatic carbocycles. The highest BCUT2D eigenvalue weighted by Crippen LogP contribution is 2.27. The number of halogens is 3. The van der Waals surface area contributed by atoms with Gasteiger partial charge in [-0.25, -0.2) is 8.78 Å². The Labute approximate surface area is 123 Å². The summed E-state index contributed by atoms with van der Waals surface area (Å²) < 4.78 is 27.1. The van der Waals surface area contributed by atoms with Crippen molar-refractivity contribution in [2.24, 2.45) is 5.73 Å². The Morgan fingerprint density at radius 2 is 2.10 bits per heavy atom. The van der Waals surface area contributed by atoms with Crippen molar-refractivity contribution in [2.75, 3.05) is 13.1 Å². The molecule has 1 aliphatic rings. The van der Waals surface area contributed by atoms with Crippen LogP contribution >= 0.6 is 11.6 Å². The molecule has 2 aromatic rings. The summed E-state index contributed by atoms with van der Waals surface area (Å²) in [5.41, 5.74) is 5.87. The van der Waals surface area contributed by atoms with Gasteiger partial charge >= 0.3 is 0 Å². The summed E-state index contributed by atoms with van der Waals surface area (Å²) in [5.74, 6) is -2.66. The minimum absolute atomic E-state index is 0.0871. The van der Waals surface area contributed by atoms with E-state index in [2.05, 4.69) is 15.6 Å². The number of aromatic nitrogens is 1. The lowest BCUT2D eigenvalue weighted by atomic mass is 10.2. The fourth-order valence-corrected chi connectivity index (χ4v) is 2.61. The van der Waals surface area contributed by atoms with Crippen molar-refractivity contribution in [3.8, 4) is 0 Å². The van der Waals surface area contributed by atoms with E-state index in [9.17, 15) is 13.6 Å². The zero-order valence-electron chi connectivity index (χ0n) is 10.8. The predicted molar refractivity (Wildman–Crippen MR) is 75.3 cm³/mol. The first-order valence-electron chi connectivity index (χ1n) is 6.40. The van der Waals surface area contributed by atoms with Crippen LogP contribution in [0, 0.1) is 11.6 Å². The molecule has 0 aliphatic carbocycles. The smallest absolute Gasteiger partial charge is 0.268 e. The van der Waals surface area contributed by atoms with E-state index >= 15 is 0 Å². The van der Waals surface area contributed by atoms with Crippen LogP contribution in [0.4, 0.5) is 8.78 Å². The van der Waals surface area contributed by atoms with E-state index < -0.39 is 17.5 Å². The third-order valence-electron chi connectivity index (χ3n) is 3.57. The molecule has 0 unspecified atom stereocenters. The molecular formula is C13H13ClF2N4O. The molecule has 0 radical (unpaired) electrons. The minimum Gasteiger partial charge on any atom is -0.348 e. The second kappa shape index (κ2) is 5.25. The van der Waals surface area contributed by atoms with Crippen LogP contribution in [0.15, 0.2) is 12.1 Å². The monoisotopic (exact) mass is 314 g/mol. The van der Waals surface area contributed by atoms with Gasteiger partial charge in [-0.1, -0.05) is 11.6 Å². The maximum absolute atomic E-state index is 13.8. The SMILES string of the molecule is N[C@@H]1CNC[C@@H]1NC(=O)c1cc2cc(Cl)c(F)c(F)c2[nH]1. The predicted octanol–water partition coefficient (Wildman–Crippen LogP) is 1.13. The van der Waals surface area contributed by atoms with Crippen LogP contribution in [-0.2, 0) is 0 Å². The van der Waals surface area contributed by atoms with E-state index in [0.717, 1.165) is 0 Å². The highest BCUT2D eigenvalue weighted by Gasteiger charge is 2.26. The van der Waals surface area contributed by atoms with Crippen LogP contribution in [0.25, 0.3) is 10.9 Å². The number of carbonyl (C=O) groups excluding carboxylic acids is 1. The highest BCUT2D eigenvalue weighted by molar-refractivity contribution is 6.31. The summed E-state index contributed by atoms with van der Waals surface area (Å²) in [7, 11) is 0. The number of aromatic amines is 1. The quantitative estimate of drug-likeness (QED) is 0.627. The molecule has 5 N–H and O–H groups in total. The second-order valence-corrected chi connectivity index (χ2v) is 5.44. The highest BCUT2D eigenvalue weighted by atomic mass is 35.5. The maximum Gasteiger partial charge on any atom is 0.268 e. The normalized spacial score (nSPS) is 21.9. The fourth-order valence-electron chi connectivity index (χ4n) is 2.41. The van der Waals surface area contributed by atoms with Gasteiger partial charge < -0.3 is 21.4 Å². The van der Waals surface area contributed by atoms with Gasteiger partial charge in [-0.15, -0.1) is 0 Å². The molecular weight excluding hydrogens is 302 g/mol. The molecule has 1 amide bonds. The summed E-state index contributed by atoms with van der Waals surface area (Å²) in [6.45, 7) is 1.19. The topological polar surface area (TPSA) is 82.9 Å². The average Bonchev–Trinajstić information content (AvgIpc) is 3.03. The molecule has 0 saturated carbocycles. The van der Waals surface area contributed by atoms with Gasteiger partial charge in [0, 0.05) is 24.5 Å². The van der Waals surface area contributed by atoms with Crippen molar-refractivity contribution < 1.29 is 13.6 Å². The van der Waals surface area contributed by atoms with Crippen LogP contribution in [0.2, 0.25) is 5.02 Å². The van der Waals surface area contributed by atoms with Crippen molar-refractivity contribution >= 4 is 28.4 Å². The van der Waals surface area contributed by atoms with Crippen LogP contribution < -0.4 is 16.4 Å². The molecule has 2 heterocycles. The summed E-state index contributed by atoms with van der Waals surface area (Å²) >= 11 is 5.58. The molecule has 8 heteroatoms. The average molecular weight is 315 g/mol. The van der Waals surface area contributed by atoms with Gasteiger partial charge in [0.2, 0.25) is 0 Å². The number of amides is 1. The number of benzene rings is 1. The van der Waals surface area contributed by atoms with Crippen molar-refractivity contribution in [2.45, 2.75) is 12.1 Å². The molecule has 1 saturated heterocycles. The summed E-state index contributed by atoms with van der Waals surface area (Å²) in [6, 6.07) is 2.31. The van der Waals surface area contributed by atoms with Crippen molar-refractivity contribution in [1.29, 1.82) is 0 Å². The molecule has 0 spiro atoms. The number of hydrogen-bond donors (Lipinski definition) is 4. The number of H-pyrrole nitrogens is 1. The number of fused-ring (bicyclic) bond motifs is 1. The first-order valence-corrected chi connectivity index (χ1v) is 6.78. The number of hydrogen-bond acceptors (Lipinski definition) is 3. The van der Waals surface area contributed by atoms with Gasteiger partial charge in [0.1, 0.15) is 5.69 Å². The zero-order chi connectivity index (χ0) is 15.1. The van der Waals surface area contributed by atoms with E-state index in [4.69, 9.17) is 17.3 Å². The number of carbonyl (C=O) groups is 1. The lowest BCUT2D eigenvalue weighted by molar-refractivity contribution is 0.0933. The van der Waals surface area contributed by atoms with E-state index in [1.165, 1.54) is 12.1 Å². The van der Waals surface area contributed by atoms with E-state index in [-0.39, 0.29) is 28.3 Å². The van der Waals surface area contributed by atoms with Gasteiger partial charge in [-0.05, 0) is 12.1 Å². The van der Waals surface area contributed by atoms with Gasteiger partial charge in [0.15, 0.2) is 11.6 Å². The molecule has 1 aromatic heterocycles. The third kappa shape index (κ3) is 2.48. The third-order valence-corrected chi connectivity index (χ3v) is 3.85. The van der Waals surface area contributed by atoms with Crippen LogP contribution in [0.5, 0.6) is 0 Å². The number of rotatable bonds is 2. The summed E-state index contributed by atoms with van der Waals surface area (Å²) in [4.78, 5) is 14.7. The van der Waals surface area contributed by atoms with Crippen LogP contribution in [-0.4, -0.2) is 36.1 Å². The number of nitrogens with two attached hydrogens (primary N) is 1. The Kier molecular flexibility index (Phi) is 3.56. The maximum atomic E-state index is 13.8. The first-order chi connectivity index (χ1) is 9.97. The zero-order valence-corrected chi connectivity index (χ0v) is 11.6. The Morgan fingerprint density at radius 3 is 2.76 bits per heavy atom. The molecule has 1 aliphatic heterocycles. The van der Waals surface area contributed by atoms with Crippen LogP contribution in [0.3, 0.4) is 0 Å². The van der Waals surface area contributed by atoms with Crippen molar-refractivity contribution in [3.63, 3.8) is 0 Å². The molecule has 3 rings (SSSR count). The largest absolute Gasteiger partial charge is 0.348 e. The summed E-state index contributed by atoms with van der Waals surface area (Å²) in [6.07, 6.45) is 0. The molecule has 112 valence electrons. The fraction of sp³-hybridized carbons (Fsp3) is 0.308. The van der Waals surface area contributed by atoms with E-state index in [0.29, 0.717) is 18.5 Å². The molecule has 2 atom stereocenters. The van der Waals surface area contributed by atoms with Gasteiger partial charge in [0.25, 0.3) is 5.91 Å². The molecule has 21 heavy (non-hydrogen) atoms.